The Morgan fingerprint density at radius 1 is 1.35 bits per heavy atom. The number of nitro benzene ring substituents is 1. The summed E-state index contributed by atoms with van der Waals surface area (Å²) in [6.45, 7) is 1.85. The van der Waals surface area contributed by atoms with Crippen LogP contribution in [0.2, 0.25) is 0 Å². The Hall–Kier alpha value is -2.47. The van der Waals surface area contributed by atoms with Crippen LogP contribution in [0.25, 0.3) is 0 Å². The van der Waals surface area contributed by atoms with Crippen LogP contribution in [-0.4, -0.2) is 20.1 Å². The second kappa shape index (κ2) is 5.66. The average molecular weight is 274 g/mol. The number of benzene rings is 1. The van der Waals surface area contributed by atoms with Gasteiger partial charge in [0.2, 0.25) is 0 Å². The van der Waals surface area contributed by atoms with E-state index in [1.807, 2.05) is 19.1 Å². The number of aliphatic hydroxyl groups excluding tert-OH is 1. The van der Waals surface area contributed by atoms with E-state index in [1.54, 1.807) is 6.07 Å². The summed E-state index contributed by atoms with van der Waals surface area (Å²) in [6, 6.07) is 9.31. The van der Waals surface area contributed by atoms with Crippen LogP contribution in [0.1, 0.15) is 23.1 Å². The van der Waals surface area contributed by atoms with Gasteiger partial charge in [0.1, 0.15) is 0 Å². The minimum atomic E-state index is -0.913. The molecule has 2 aromatic rings. The molecular formula is C14H14N2O4. The molecule has 1 unspecified atom stereocenters. The molecule has 6 nitrogen and oxygen atoms in total. The van der Waals surface area contributed by atoms with Gasteiger partial charge >= 0.3 is 5.69 Å². The largest absolute Gasteiger partial charge is 0.502 e. The molecule has 2 rings (SSSR count). The van der Waals surface area contributed by atoms with Crippen LogP contribution in [0.4, 0.5) is 5.69 Å². The topological polar surface area (TPSA) is 96.5 Å². The summed E-state index contributed by atoms with van der Waals surface area (Å²) >= 11 is 0. The van der Waals surface area contributed by atoms with Crippen LogP contribution in [-0.2, 0) is 6.42 Å². The minimum absolute atomic E-state index is 0.254. The SMILES string of the molecule is Cc1cccc(CC(O)c2ccc(O)c([N+](=O)[O-])c2)n1. The van der Waals surface area contributed by atoms with Gasteiger partial charge in [-0.05, 0) is 30.7 Å². The number of aromatic nitrogens is 1. The fourth-order valence-electron chi connectivity index (χ4n) is 1.92. The third-order valence-electron chi connectivity index (χ3n) is 2.93. The Morgan fingerprint density at radius 2 is 2.10 bits per heavy atom. The van der Waals surface area contributed by atoms with Gasteiger partial charge in [-0.25, -0.2) is 0 Å². The van der Waals surface area contributed by atoms with E-state index in [9.17, 15) is 20.3 Å². The fourth-order valence-corrected chi connectivity index (χ4v) is 1.92. The molecule has 2 N–H and O–H groups in total. The summed E-state index contributed by atoms with van der Waals surface area (Å²) in [6.07, 6.45) is -0.660. The zero-order chi connectivity index (χ0) is 14.7. The summed E-state index contributed by atoms with van der Waals surface area (Å²) in [4.78, 5) is 14.3. The maximum Gasteiger partial charge on any atom is 0.311 e. The maximum atomic E-state index is 10.8. The van der Waals surface area contributed by atoms with Gasteiger partial charge in [0.15, 0.2) is 5.75 Å². The number of hydrogen-bond donors (Lipinski definition) is 2. The molecule has 0 aliphatic carbocycles. The van der Waals surface area contributed by atoms with Gasteiger partial charge in [0, 0.05) is 23.9 Å². The Labute approximate surface area is 115 Å². The van der Waals surface area contributed by atoms with Crippen LogP contribution in [0.5, 0.6) is 5.75 Å². The molecule has 0 fully saturated rings. The summed E-state index contributed by atoms with van der Waals surface area (Å²) in [7, 11) is 0. The summed E-state index contributed by atoms with van der Waals surface area (Å²) in [5.74, 6) is -0.417. The van der Waals surface area contributed by atoms with Gasteiger partial charge in [0.05, 0.1) is 11.0 Å². The number of aromatic hydroxyl groups is 1. The van der Waals surface area contributed by atoms with Crippen LogP contribution >= 0.6 is 0 Å². The normalized spacial score (nSPS) is 12.1. The van der Waals surface area contributed by atoms with E-state index in [4.69, 9.17) is 0 Å². The molecule has 0 amide bonds. The minimum Gasteiger partial charge on any atom is -0.502 e. The van der Waals surface area contributed by atoms with E-state index in [1.165, 1.54) is 18.2 Å². The van der Waals surface area contributed by atoms with Gasteiger partial charge < -0.3 is 10.2 Å². The first kappa shape index (κ1) is 14.0. The second-order valence-corrected chi connectivity index (χ2v) is 4.50. The van der Waals surface area contributed by atoms with Gasteiger partial charge in [0.25, 0.3) is 0 Å². The Morgan fingerprint density at radius 3 is 2.75 bits per heavy atom. The van der Waals surface area contributed by atoms with E-state index in [-0.39, 0.29) is 6.42 Å². The highest BCUT2D eigenvalue weighted by atomic mass is 16.6. The third kappa shape index (κ3) is 3.10. The van der Waals surface area contributed by atoms with Gasteiger partial charge in [-0.2, -0.15) is 0 Å². The molecule has 0 saturated carbocycles. The smallest absolute Gasteiger partial charge is 0.311 e. The van der Waals surface area contributed by atoms with Gasteiger partial charge in [-0.3, -0.25) is 15.1 Å². The van der Waals surface area contributed by atoms with Gasteiger partial charge in [-0.15, -0.1) is 0 Å². The van der Waals surface area contributed by atoms with Gasteiger partial charge in [-0.1, -0.05) is 12.1 Å². The number of nitrogens with zero attached hydrogens (tertiary/aromatic N) is 2. The standard InChI is InChI=1S/C14H14N2O4/c1-9-3-2-4-11(15-9)8-14(18)10-5-6-13(17)12(7-10)16(19)20/h2-7,14,17-18H,8H2,1H3. The molecule has 0 spiro atoms. The molecule has 0 aliphatic rings. The Bertz CT molecular complexity index is 643. The number of phenols is 1. The lowest BCUT2D eigenvalue weighted by molar-refractivity contribution is -0.386. The second-order valence-electron chi connectivity index (χ2n) is 4.50. The highest BCUT2D eigenvalue weighted by molar-refractivity contribution is 5.48. The van der Waals surface area contributed by atoms with Crippen molar-refractivity contribution >= 4 is 5.69 Å². The molecule has 20 heavy (non-hydrogen) atoms. The van der Waals surface area contributed by atoms with E-state index in [0.29, 0.717) is 11.3 Å². The van der Waals surface area contributed by atoms with Crippen molar-refractivity contribution in [2.75, 3.05) is 0 Å². The number of phenolic OH excluding ortho intramolecular Hbond substituents is 1. The van der Waals surface area contributed by atoms with Crippen molar-refractivity contribution in [3.63, 3.8) is 0 Å². The molecule has 0 saturated heterocycles. The first-order valence-corrected chi connectivity index (χ1v) is 6.05. The number of aliphatic hydroxyl groups is 1. The lowest BCUT2D eigenvalue weighted by atomic mass is 10.0. The van der Waals surface area contributed by atoms with Crippen molar-refractivity contribution in [3.05, 3.63) is 63.5 Å². The molecule has 104 valence electrons. The zero-order valence-electron chi connectivity index (χ0n) is 10.9. The van der Waals surface area contributed by atoms with Crippen molar-refractivity contribution in [1.82, 2.24) is 4.98 Å². The van der Waals surface area contributed by atoms with Crippen molar-refractivity contribution in [2.45, 2.75) is 19.4 Å². The Balaban J connectivity index is 2.23. The summed E-state index contributed by atoms with van der Waals surface area (Å²) < 4.78 is 0. The molecule has 1 heterocycles. The molecular weight excluding hydrogens is 260 g/mol. The fraction of sp³-hybridized carbons (Fsp3) is 0.214. The quantitative estimate of drug-likeness (QED) is 0.658. The number of rotatable bonds is 4. The monoisotopic (exact) mass is 274 g/mol. The van der Waals surface area contributed by atoms with Crippen LogP contribution in [0, 0.1) is 17.0 Å². The molecule has 1 aromatic carbocycles. The van der Waals surface area contributed by atoms with Crippen molar-refractivity contribution in [3.8, 4) is 5.75 Å². The predicted molar refractivity (Wildman–Crippen MR) is 72.4 cm³/mol. The number of hydrogen-bond acceptors (Lipinski definition) is 5. The maximum absolute atomic E-state index is 10.8. The van der Waals surface area contributed by atoms with Crippen molar-refractivity contribution in [1.29, 1.82) is 0 Å². The highest BCUT2D eigenvalue weighted by Gasteiger charge is 2.17. The van der Waals surface area contributed by atoms with Crippen molar-refractivity contribution in [2.24, 2.45) is 0 Å². The first-order chi connectivity index (χ1) is 9.47. The number of pyridine rings is 1. The van der Waals surface area contributed by atoms with E-state index in [2.05, 4.69) is 4.98 Å². The predicted octanol–water partition coefficient (Wildman–Crippen LogP) is 2.28. The van der Waals surface area contributed by atoms with Crippen LogP contribution in [0.15, 0.2) is 36.4 Å². The molecule has 6 heteroatoms. The lowest BCUT2D eigenvalue weighted by Crippen LogP contribution is -2.04. The highest BCUT2D eigenvalue weighted by Crippen LogP contribution is 2.29. The molecule has 0 aliphatic heterocycles. The average Bonchev–Trinajstić information content (AvgIpc) is 2.38. The van der Waals surface area contributed by atoms with E-state index < -0.39 is 22.5 Å². The molecule has 1 atom stereocenters. The van der Waals surface area contributed by atoms with Crippen LogP contribution in [0.3, 0.4) is 0 Å². The Kier molecular flexibility index (Phi) is 3.95. The van der Waals surface area contributed by atoms with Crippen LogP contribution < -0.4 is 0 Å². The van der Waals surface area contributed by atoms with E-state index in [0.717, 1.165) is 5.69 Å². The molecule has 0 bridgehead atoms. The summed E-state index contributed by atoms with van der Waals surface area (Å²) in [5, 5.41) is 30.2. The third-order valence-corrected chi connectivity index (χ3v) is 2.93. The zero-order valence-corrected chi connectivity index (χ0v) is 10.9. The lowest BCUT2D eigenvalue weighted by Gasteiger charge is -2.11. The first-order valence-electron chi connectivity index (χ1n) is 6.05. The summed E-state index contributed by atoms with van der Waals surface area (Å²) in [5.41, 5.74) is 1.50. The van der Waals surface area contributed by atoms with E-state index >= 15 is 0 Å². The molecule has 1 aromatic heterocycles. The number of aryl methyl sites for hydroxylation is 1. The molecule has 0 radical (unpaired) electrons. The number of nitro groups is 1. The van der Waals surface area contributed by atoms with Crippen molar-refractivity contribution < 1.29 is 15.1 Å².